The number of aromatic nitrogens is 2. The highest BCUT2D eigenvalue weighted by Gasteiger charge is 2.31. The molecule has 3 nitrogen and oxygen atoms in total. The fourth-order valence-corrected chi connectivity index (χ4v) is 2.09. The Labute approximate surface area is 79.1 Å². The van der Waals surface area contributed by atoms with Gasteiger partial charge in [0.2, 0.25) is 0 Å². The standard InChI is InChI=1S/C10H17N3/c1-7-5-11-12-10(7)6-13-8(2)4-9(13)3/h5,8-9H,4,6H2,1-3H3,(H,11,12). The molecule has 1 aliphatic rings. The second kappa shape index (κ2) is 3.14. The quantitative estimate of drug-likeness (QED) is 0.749. The van der Waals surface area contributed by atoms with Crippen molar-refractivity contribution in [3.8, 4) is 0 Å². The monoisotopic (exact) mass is 179 g/mol. The van der Waals surface area contributed by atoms with Crippen LogP contribution in [0.25, 0.3) is 0 Å². The third-order valence-electron chi connectivity index (χ3n) is 3.09. The van der Waals surface area contributed by atoms with Crippen LogP contribution in [0.4, 0.5) is 0 Å². The summed E-state index contributed by atoms with van der Waals surface area (Å²) in [5.74, 6) is 0. The Hall–Kier alpha value is -0.830. The molecule has 0 amide bonds. The zero-order valence-electron chi connectivity index (χ0n) is 8.54. The van der Waals surface area contributed by atoms with Gasteiger partial charge >= 0.3 is 0 Å². The van der Waals surface area contributed by atoms with Gasteiger partial charge in [0.25, 0.3) is 0 Å². The van der Waals surface area contributed by atoms with Gasteiger partial charge < -0.3 is 0 Å². The van der Waals surface area contributed by atoms with Crippen LogP contribution in [0, 0.1) is 6.92 Å². The molecule has 0 saturated carbocycles. The predicted molar refractivity (Wildman–Crippen MR) is 52.4 cm³/mol. The summed E-state index contributed by atoms with van der Waals surface area (Å²) in [5.41, 5.74) is 2.53. The van der Waals surface area contributed by atoms with Crippen LogP contribution in [0.3, 0.4) is 0 Å². The molecule has 72 valence electrons. The van der Waals surface area contributed by atoms with Crippen molar-refractivity contribution in [3.63, 3.8) is 0 Å². The van der Waals surface area contributed by atoms with Gasteiger partial charge in [-0.3, -0.25) is 10.00 Å². The van der Waals surface area contributed by atoms with Crippen molar-refractivity contribution in [2.45, 2.75) is 45.8 Å². The molecule has 1 aromatic heterocycles. The molecule has 1 aromatic rings. The van der Waals surface area contributed by atoms with Crippen molar-refractivity contribution in [1.29, 1.82) is 0 Å². The Bertz CT molecular complexity index is 284. The van der Waals surface area contributed by atoms with Gasteiger partial charge in [-0.1, -0.05) is 0 Å². The Morgan fingerprint density at radius 2 is 2.23 bits per heavy atom. The minimum atomic E-state index is 0.734. The van der Waals surface area contributed by atoms with Crippen LogP contribution in [-0.4, -0.2) is 27.2 Å². The largest absolute Gasteiger partial charge is 0.292 e. The lowest BCUT2D eigenvalue weighted by Gasteiger charge is -2.45. The zero-order valence-corrected chi connectivity index (χ0v) is 8.54. The lowest BCUT2D eigenvalue weighted by molar-refractivity contribution is 0.0281. The zero-order chi connectivity index (χ0) is 9.42. The number of likely N-dealkylation sites (tertiary alicyclic amines) is 1. The second-order valence-corrected chi connectivity index (χ2v) is 4.14. The SMILES string of the molecule is Cc1cn[nH]c1CN1C(C)CC1C. The third kappa shape index (κ3) is 1.48. The number of nitrogens with zero attached hydrogens (tertiary/aromatic N) is 2. The Balaban J connectivity index is 2.02. The van der Waals surface area contributed by atoms with Crippen LogP contribution in [0.2, 0.25) is 0 Å². The molecule has 1 N–H and O–H groups in total. The van der Waals surface area contributed by atoms with Crippen LogP contribution < -0.4 is 0 Å². The topological polar surface area (TPSA) is 31.9 Å². The van der Waals surface area contributed by atoms with E-state index in [1.54, 1.807) is 0 Å². The first-order valence-electron chi connectivity index (χ1n) is 4.93. The van der Waals surface area contributed by atoms with Gasteiger partial charge in [-0.25, -0.2) is 0 Å². The van der Waals surface area contributed by atoms with E-state index < -0.39 is 0 Å². The highest BCUT2D eigenvalue weighted by atomic mass is 15.3. The molecule has 0 radical (unpaired) electrons. The summed E-state index contributed by atoms with van der Waals surface area (Å²) in [4.78, 5) is 2.50. The van der Waals surface area contributed by atoms with Gasteiger partial charge in [0.05, 0.1) is 11.9 Å². The molecule has 1 fully saturated rings. The van der Waals surface area contributed by atoms with E-state index in [1.807, 2.05) is 6.20 Å². The summed E-state index contributed by atoms with van der Waals surface area (Å²) >= 11 is 0. The minimum absolute atomic E-state index is 0.734. The molecule has 1 saturated heterocycles. The van der Waals surface area contributed by atoms with Crippen molar-refractivity contribution in [2.75, 3.05) is 0 Å². The van der Waals surface area contributed by atoms with Gasteiger partial charge in [0.15, 0.2) is 0 Å². The fraction of sp³-hybridized carbons (Fsp3) is 0.700. The lowest BCUT2D eigenvalue weighted by atomic mass is 9.95. The molecule has 2 unspecified atom stereocenters. The first-order valence-corrected chi connectivity index (χ1v) is 4.93. The number of H-pyrrole nitrogens is 1. The molecule has 13 heavy (non-hydrogen) atoms. The summed E-state index contributed by atoms with van der Waals surface area (Å²) in [5, 5.41) is 7.09. The van der Waals surface area contributed by atoms with E-state index in [9.17, 15) is 0 Å². The molecule has 0 bridgehead atoms. The summed E-state index contributed by atoms with van der Waals surface area (Å²) in [6.45, 7) is 7.69. The van der Waals surface area contributed by atoms with Crippen molar-refractivity contribution in [1.82, 2.24) is 15.1 Å². The maximum atomic E-state index is 4.03. The Morgan fingerprint density at radius 3 is 2.69 bits per heavy atom. The van der Waals surface area contributed by atoms with Crippen LogP contribution in [0.15, 0.2) is 6.20 Å². The first-order chi connectivity index (χ1) is 6.18. The second-order valence-electron chi connectivity index (χ2n) is 4.14. The molecule has 2 rings (SSSR count). The summed E-state index contributed by atoms with van der Waals surface area (Å²) in [7, 11) is 0. The van der Waals surface area contributed by atoms with E-state index in [-0.39, 0.29) is 0 Å². The highest BCUT2D eigenvalue weighted by Crippen LogP contribution is 2.26. The van der Waals surface area contributed by atoms with Crippen molar-refractivity contribution in [3.05, 3.63) is 17.5 Å². The molecule has 0 spiro atoms. The molecule has 1 aliphatic heterocycles. The van der Waals surface area contributed by atoms with E-state index in [0.29, 0.717) is 0 Å². The van der Waals surface area contributed by atoms with E-state index >= 15 is 0 Å². The Kier molecular flexibility index (Phi) is 2.12. The molecular formula is C10H17N3. The summed E-state index contributed by atoms with van der Waals surface area (Å²) in [6.07, 6.45) is 3.22. The number of aryl methyl sites for hydroxylation is 1. The highest BCUT2D eigenvalue weighted by molar-refractivity contribution is 5.14. The van der Waals surface area contributed by atoms with E-state index in [0.717, 1.165) is 18.6 Å². The normalized spacial score (nSPS) is 28.8. The van der Waals surface area contributed by atoms with Gasteiger partial charge in [-0.05, 0) is 32.8 Å². The van der Waals surface area contributed by atoms with Crippen LogP contribution in [0.5, 0.6) is 0 Å². The molecule has 0 aromatic carbocycles. The third-order valence-corrected chi connectivity index (χ3v) is 3.09. The summed E-state index contributed by atoms with van der Waals surface area (Å²) in [6, 6.07) is 1.47. The number of hydrogen-bond acceptors (Lipinski definition) is 2. The smallest absolute Gasteiger partial charge is 0.0521 e. The maximum absolute atomic E-state index is 4.03. The van der Waals surface area contributed by atoms with Crippen molar-refractivity contribution in [2.24, 2.45) is 0 Å². The molecule has 2 heterocycles. The average Bonchev–Trinajstić information content (AvgIpc) is 2.48. The average molecular weight is 179 g/mol. The van der Waals surface area contributed by atoms with Crippen molar-refractivity contribution < 1.29 is 0 Å². The number of rotatable bonds is 2. The number of nitrogens with one attached hydrogen (secondary N) is 1. The van der Waals surface area contributed by atoms with Gasteiger partial charge in [0.1, 0.15) is 0 Å². The van der Waals surface area contributed by atoms with Gasteiger partial charge in [-0.2, -0.15) is 5.10 Å². The molecular weight excluding hydrogens is 162 g/mol. The van der Waals surface area contributed by atoms with Crippen LogP contribution in [0.1, 0.15) is 31.5 Å². The maximum Gasteiger partial charge on any atom is 0.0521 e. The number of aromatic amines is 1. The molecule has 0 aliphatic carbocycles. The van der Waals surface area contributed by atoms with Gasteiger partial charge in [-0.15, -0.1) is 0 Å². The molecule has 2 atom stereocenters. The first kappa shape index (κ1) is 8.75. The fourth-order valence-electron chi connectivity index (χ4n) is 2.09. The van der Waals surface area contributed by atoms with E-state index in [4.69, 9.17) is 0 Å². The van der Waals surface area contributed by atoms with Crippen molar-refractivity contribution >= 4 is 0 Å². The van der Waals surface area contributed by atoms with Gasteiger partial charge in [0, 0.05) is 18.6 Å². The van der Waals surface area contributed by atoms with E-state index in [1.165, 1.54) is 17.7 Å². The van der Waals surface area contributed by atoms with E-state index in [2.05, 4.69) is 35.9 Å². The minimum Gasteiger partial charge on any atom is -0.292 e. The van der Waals surface area contributed by atoms with Crippen LogP contribution >= 0.6 is 0 Å². The van der Waals surface area contributed by atoms with Crippen LogP contribution in [-0.2, 0) is 6.54 Å². The number of hydrogen-bond donors (Lipinski definition) is 1. The molecule has 3 heteroatoms. The summed E-state index contributed by atoms with van der Waals surface area (Å²) < 4.78 is 0. The lowest BCUT2D eigenvalue weighted by Crippen LogP contribution is -2.52. The Morgan fingerprint density at radius 1 is 1.54 bits per heavy atom. The predicted octanol–water partition coefficient (Wildman–Crippen LogP) is 1.70.